The summed E-state index contributed by atoms with van der Waals surface area (Å²) in [5.41, 5.74) is 1.21. The number of benzene rings is 1. The number of methoxy groups -OCH3 is 1. The van der Waals surface area contributed by atoms with Crippen LogP contribution in [0.4, 0.5) is 0 Å². The second-order valence-electron chi connectivity index (χ2n) is 7.50. The van der Waals surface area contributed by atoms with Crippen molar-refractivity contribution in [2.24, 2.45) is 5.92 Å². The van der Waals surface area contributed by atoms with Crippen LogP contribution in [0.1, 0.15) is 18.4 Å². The maximum atomic E-state index is 10.2. The number of morpholine rings is 1. The molecule has 1 heterocycles. The summed E-state index contributed by atoms with van der Waals surface area (Å²) in [6, 6.07) is 6.06. The Morgan fingerprint density at radius 1 is 1.27 bits per heavy atom. The fraction of sp³-hybridized carbons (Fsp3) is 0.700. The molecule has 2 aliphatic rings. The lowest BCUT2D eigenvalue weighted by Crippen LogP contribution is -2.42. The first kappa shape index (κ1) is 19.4. The first-order chi connectivity index (χ1) is 12.6. The number of aliphatic hydroxyl groups excluding tert-OH is 1. The Balaban J connectivity index is 1.48. The predicted octanol–water partition coefficient (Wildman–Crippen LogP) is 1.61. The maximum absolute atomic E-state index is 10.2. The molecule has 0 aromatic heterocycles. The third-order valence-electron chi connectivity index (χ3n) is 4.95. The van der Waals surface area contributed by atoms with E-state index in [2.05, 4.69) is 22.9 Å². The fourth-order valence-electron chi connectivity index (χ4n) is 3.37. The Morgan fingerprint density at radius 2 is 2.04 bits per heavy atom. The number of ether oxygens (including phenoxy) is 3. The smallest absolute Gasteiger partial charge is 0.161 e. The molecule has 0 amide bonds. The summed E-state index contributed by atoms with van der Waals surface area (Å²) in [4.78, 5) is 4.56. The van der Waals surface area contributed by atoms with Gasteiger partial charge >= 0.3 is 0 Å². The summed E-state index contributed by atoms with van der Waals surface area (Å²) in [6.45, 7) is 6.13. The van der Waals surface area contributed by atoms with E-state index in [4.69, 9.17) is 14.2 Å². The van der Waals surface area contributed by atoms with Crippen LogP contribution in [0.5, 0.6) is 11.5 Å². The van der Waals surface area contributed by atoms with Crippen molar-refractivity contribution in [2.45, 2.75) is 25.5 Å². The van der Waals surface area contributed by atoms with Gasteiger partial charge in [-0.05, 0) is 43.5 Å². The second-order valence-corrected chi connectivity index (χ2v) is 7.50. The molecule has 1 saturated carbocycles. The monoisotopic (exact) mass is 364 g/mol. The Hall–Kier alpha value is -1.34. The van der Waals surface area contributed by atoms with Crippen LogP contribution in [0.25, 0.3) is 0 Å². The Morgan fingerprint density at radius 3 is 2.73 bits per heavy atom. The number of hydrogen-bond acceptors (Lipinski definition) is 6. The number of aliphatic hydroxyl groups is 1. The summed E-state index contributed by atoms with van der Waals surface area (Å²) < 4.78 is 16.6. The number of hydrogen-bond donors (Lipinski definition) is 1. The van der Waals surface area contributed by atoms with E-state index in [-0.39, 0.29) is 6.61 Å². The van der Waals surface area contributed by atoms with Crippen LogP contribution in [0.3, 0.4) is 0 Å². The summed E-state index contributed by atoms with van der Waals surface area (Å²) in [6.07, 6.45) is 2.21. The molecule has 6 heteroatoms. The van der Waals surface area contributed by atoms with Crippen molar-refractivity contribution in [3.8, 4) is 11.5 Å². The average Bonchev–Trinajstić information content (AvgIpc) is 3.45. The SMILES string of the molecule is COc1cc(CN(C)CC2CC2)ccc1OC[C@H](O)CN1CCOCC1. The quantitative estimate of drug-likeness (QED) is 0.681. The van der Waals surface area contributed by atoms with Crippen molar-refractivity contribution in [1.82, 2.24) is 9.80 Å². The average molecular weight is 364 g/mol. The molecular formula is C20H32N2O4. The van der Waals surface area contributed by atoms with Gasteiger partial charge in [0.15, 0.2) is 11.5 Å². The minimum atomic E-state index is -0.526. The van der Waals surface area contributed by atoms with E-state index in [1.165, 1.54) is 18.4 Å². The van der Waals surface area contributed by atoms with E-state index < -0.39 is 6.10 Å². The van der Waals surface area contributed by atoms with Gasteiger partial charge in [-0.25, -0.2) is 0 Å². The lowest BCUT2D eigenvalue weighted by Gasteiger charge is -2.28. The van der Waals surface area contributed by atoms with Crippen LogP contribution in [0.2, 0.25) is 0 Å². The highest BCUT2D eigenvalue weighted by Crippen LogP contribution is 2.31. The van der Waals surface area contributed by atoms with Gasteiger partial charge in [0.05, 0.1) is 20.3 Å². The van der Waals surface area contributed by atoms with Crippen LogP contribution in [-0.2, 0) is 11.3 Å². The van der Waals surface area contributed by atoms with Crippen LogP contribution in [-0.4, -0.2) is 81.2 Å². The third kappa shape index (κ3) is 6.13. The topological polar surface area (TPSA) is 54.4 Å². The Labute approximate surface area is 156 Å². The van der Waals surface area contributed by atoms with E-state index in [1.807, 2.05) is 12.1 Å². The molecule has 1 aliphatic carbocycles. The standard InChI is InChI=1S/C20H32N2O4/c1-21(12-16-3-4-16)13-17-5-6-19(20(11-17)24-2)26-15-18(23)14-22-7-9-25-10-8-22/h5-6,11,16,18,23H,3-4,7-10,12-15H2,1-2H3/t18-/m1/s1. The summed E-state index contributed by atoms with van der Waals surface area (Å²) in [5.74, 6) is 2.29. The van der Waals surface area contributed by atoms with Crippen LogP contribution < -0.4 is 9.47 Å². The molecule has 1 saturated heterocycles. The van der Waals surface area contributed by atoms with Crippen LogP contribution >= 0.6 is 0 Å². The maximum Gasteiger partial charge on any atom is 0.161 e. The van der Waals surface area contributed by atoms with Gasteiger partial charge in [-0.2, -0.15) is 0 Å². The zero-order valence-corrected chi connectivity index (χ0v) is 16.0. The highest BCUT2D eigenvalue weighted by Gasteiger charge is 2.23. The van der Waals surface area contributed by atoms with Gasteiger partial charge in [0, 0.05) is 32.7 Å². The molecule has 1 N–H and O–H groups in total. The van der Waals surface area contributed by atoms with Crippen molar-refractivity contribution in [3.63, 3.8) is 0 Å². The molecule has 3 rings (SSSR count). The summed E-state index contributed by atoms with van der Waals surface area (Å²) in [7, 11) is 3.82. The molecule has 0 spiro atoms. The lowest BCUT2D eigenvalue weighted by molar-refractivity contribution is 0.00445. The number of nitrogens with zero attached hydrogens (tertiary/aromatic N) is 2. The van der Waals surface area contributed by atoms with Gasteiger partial charge in [0.2, 0.25) is 0 Å². The van der Waals surface area contributed by atoms with Gasteiger partial charge in [-0.3, -0.25) is 4.90 Å². The molecule has 6 nitrogen and oxygen atoms in total. The molecule has 146 valence electrons. The first-order valence-corrected chi connectivity index (χ1v) is 9.60. The highest BCUT2D eigenvalue weighted by molar-refractivity contribution is 5.43. The van der Waals surface area contributed by atoms with E-state index in [1.54, 1.807) is 7.11 Å². The van der Waals surface area contributed by atoms with Gasteiger partial charge in [0.25, 0.3) is 0 Å². The molecule has 26 heavy (non-hydrogen) atoms. The largest absolute Gasteiger partial charge is 0.493 e. The number of rotatable bonds is 10. The van der Waals surface area contributed by atoms with Crippen LogP contribution in [0.15, 0.2) is 18.2 Å². The predicted molar refractivity (Wildman–Crippen MR) is 101 cm³/mol. The third-order valence-corrected chi connectivity index (χ3v) is 4.95. The van der Waals surface area contributed by atoms with Gasteiger partial charge in [-0.15, -0.1) is 0 Å². The van der Waals surface area contributed by atoms with Crippen molar-refractivity contribution in [2.75, 3.05) is 60.2 Å². The second kappa shape index (κ2) is 9.55. The number of β-amino-alcohol motifs (C(OH)–C–C–N with tert-alkyl or cyclic N) is 1. The highest BCUT2D eigenvalue weighted by atomic mass is 16.5. The molecule has 1 aromatic rings. The molecule has 1 aromatic carbocycles. The van der Waals surface area contributed by atoms with Crippen molar-refractivity contribution in [1.29, 1.82) is 0 Å². The van der Waals surface area contributed by atoms with Gasteiger partial charge < -0.3 is 24.2 Å². The van der Waals surface area contributed by atoms with E-state index in [9.17, 15) is 5.11 Å². The first-order valence-electron chi connectivity index (χ1n) is 9.60. The fourth-order valence-corrected chi connectivity index (χ4v) is 3.37. The van der Waals surface area contributed by atoms with Gasteiger partial charge in [-0.1, -0.05) is 6.07 Å². The van der Waals surface area contributed by atoms with Crippen LogP contribution in [0, 0.1) is 5.92 Å². The van der Waals surface area contributed by atoms with Crippen molar-refractivity contribution < 1.29 is 19.3 Å². The summed E-state index contributed by atoms with van der Waals surface area (Å²) >= 11 is 0. The molecule has 2 fully saturated rings. The molecule has 1 aliphatic heterocycles. The van der Waals surface area contributed by atoms with E-state index in [0.29, 0.717) is 12.3 Å². The molecular weight excluding hydrogens is 332 g/mol. The van der Waals surface area contributed by atoms with Crippen molar-refractivity contribution >= 4 is 0 Å². The zero-order chi connectivity index (χ0) is 18.4. The van der Waals surface area contributed by atoms with E-state index in [0.717, 1.165) is 51.1 Å². The Bertz CT molecular complexity index is 559. The summed E-state index contributed by atoms with van der Waals surface area (Å²) in [5, 5.41) is 10.2. The van der Waals surface area contributed by atoms with Gasteiger partial charge in [0.1, 0.15) is 12.7 Å². The Kier molecular flexibility index (Phi) is 7.14. The van der Waals surface area contributed by atoms with Crippen molar-refractivity contribution in [3.05, 3.63) is 23.8 Å². The zero-order valence-electron chi connectivity index (χ0n) is 16.0. The minimum Gasteiger partial charge on any atom is -0.493 e. The molecule has 0 bridgehead atoms. The molecule has 0 unspecified atom stereocenters. The normalized spacial score (nSPS) is 19.5. The minimum absolute atomic E-state index is 0.259. The lowest BCUT2D eigenvalue weighted by atomic mass is 10.2. The molecule has 0 radical (unpaired) electrons. The van der Waals surface area contributed by atoms with E-state index >= 15 is 0 Å². The molecule has 1 atom stereocenters.